The molecule has 2 rings (SSSR count). The Labute approximate surface area is 170 Å². The summed E-state index contributed by atoms with van der Waals surface area (Å²) in [4.78, 5) is 23.8. The first kappa shape index (κ1) is 23.4. The van der Waals surface area contributed by atoms with Crippen LogP contribution >= 0.6 is 12.4 Å². The van der Waals surface area contributed by atoms with Crippen molar-refractivity contribution in [2.75, 3.05) is 13.2 Å². The van der Waals surface area contributed by atoms with E-state index in [0.29, 0.717) is 5.56 Å². The fourth-order valence-corrected chi connectivity index (χ4v) is 2.32. The van der Waals surface area contributed by atoms with Crippen LogP contribution in [0.1, 0.15) is 22.8 Å². The van der Waals surface area contributed by atoms with E-state index in [9.17, 15) is 14.7 Å². The average molecular weight is 408 g/mol. The molecule has 0 aliphatic heterocycles. The number of halogens is 1. The molecule has 28 heavy (non-hydrogen) atoms. The van der Waals surface area contributed by atoms with Crippen molar-refractivity contribution in [3.63, 3.8) is 0 Å². The van der Waals surface area contributed by atoms with Gasteiger partial charge in [0.1, 0.15) is 18.5 Å². The summed E-state index contributed by atoms with van der Waals surface area (Å²) in [5, 5.41) is 17.8. The van der Waals surface area contributed by atoms with E-state index in [2.05, 4.69) is 16.0 Å². The lowest BCUT2D eigenvalue weighted by atomic mass is 10.2. The Hall–Kier alpha value is -2.61. The van der Waals surface area contributed by atoms with Crippen molar-refractivity contribution in [1.29, 1.82) is 0 Å². The van der Waals surface area contributed by atoms with Crippen molar-refractivity contribution in [3.8, 4) is 5.75 Å². The highest BCUT2D eigenvalue weighted by molar-refractivity contribution is 6.04. The summed E-state index contributed by atoms with van der Waals surface area (Å²) in [5.74, 6) is 0.244. The molecule has 0 spiro atoms. The number of aliphatic hydroxyl groups is 1. The Morgan fingerprint density at radius 3 is 2.39 bits per heavy atom. The number of para-hydroxylation sites is 1. The normalized spacial score (nSPS) is 12.2. The van der Waals surface area contributed by atoms with Gasteiger partial charge < -0.3 is 15.2 Å². The Bertz CT molecular complexity index is 758. The number of aryl methyl sites for hydroxylation is 1. The number of nitrogens with one attached hydrogen (secondary N) is 3. The van der Waals surface area contributed by atoms with Crippen molar-refractivity contribution in [3.05, 3.63) is 65.7 Å². The first-order chi connectivity index (χ1) is 13.0. The molecular formula is C20H26ClN3O4. The van der Waals surface area contributed by atoms with Gasteiger partial charge in [-0.3, -0.25) is 15.4 Å². The molecule has 2 atom stereocenters. The van der Waals surface area contributed by atoms with Crippen LogP contribution in [0.25, 0.3) is 0 Å². The summed E-state index contributed by atoms with van der Waals surface area (Å²) < 4.78 is 5.58. The molecule has 0 saturated carbocycles. The zero-order valence-electron chi connectivity index (χ0n) is 15.8. The lowest BCUT2D eigenvalue weighted by Gasteiger charge is -2.19. The molecule has 2 unspecified atom stereocenters. The molecular weight excluding hydrogens is 382 g/mol. The van der Waals surface area contributed by atoms with Crippen LogP contribution in [0.15, 0.2) is 54.6 Å². The zero-order chi connectivity index (χ0) is 19.6. The van der Waals surface area contributed by atoms with Crippen LogP contribution in [-0.2, 0) is 0 Å². The zero-order valence-corrected chi connectivity index (χ0v) is 16.7. The van der Waals surface area contributed by atoms with Gasteiger partial charge in [-0.25, -0.2) is 4.79 Å². The van der Waals surface area contributed by atoms with Gasteiger partial charge in [0.15, 0.2) is 0 Å². The van der Waals surface area contributed by atoms with Gasteiger partial charge in [-0.15, -0.1) is 12.4 Å². The predicted molar refractivity (Wildman–Crippen MR) is 110 cm³/mol. The fourth-order valence-electron chi connectivity index (χ4n) is 2.32. The van der Waals surface area contributed by atoms with Crippen molar-refractivity contribution in [1.82, 2.24) is 16.0 Å². The molecule has 2 aromatic carbocycles. The molecule has 0 heterocycles. The van der Waals surface area contributed by atoms with Gasteiger partial charge in [0.2, 0.25) is 0 Å². The number of rotatable bonds is 8. The van der Waals surface area contributed by atoms with Gasteiger partial charge in [0.05, 0.1) is 6.17 Å². The number of hydrogen-bond acceptors (Lipinski definition) is 5. The summed E-state index contributed by atoms with van der Waals surface area (Å²) in [5.41, 5.74) is 1.39. The number of ether oxygens (including phenoxy) is 1. The van der Waals surface area contributed by atoms with E-state index >= 15 is 0 Å². The highest BCUT2D eigenvalue weighted by atomic mass is 35.5. The molecule has 4 N–H and O–H groups in total. The minimum atomic E-state index is -0.747. The Morgan fingerprint density at radius 2 is 1.71 bits per heavy atom. The maximum atomic E-state index is 11.9. The fraction of sp³-hybridized carbons (Fsp3) is 0.300. The van der Waals surface area contributed by atoms with Gasteiger partial charge >= 0.3 is 6.03 Å². The molecule has 0 bridgehead atoms. The largest absolute Gasteiger partial charge is 0.491 e. The van der Waals surface area contributed by atoms with Gasteiger partial charge in [0, 0.05) is 12.1 Å². The maximum absolute atomic E-state index is 11.9. The molecule has 0 saturated heterocycles. The van der Waals surface area contributed by atoms with Gasteiger partial charge in [0.25, 0.3) is 5.91 Å². The molecule has 3 amide bonds. The predicted octanol–water partition coefficient (Wildman–Crippen LogP) is 2.23. The van der Waals surface area contributed by atoms with Crippen molar-refractivity contribution >= 4 is 24.3 Å². The number of carbonyl (C=O) groups is 2. The van der Waals surface area contributed by atoms with E-state index in [1.807, 2.05) is 31.2 Å². The third kappa shape index (κ3) is 7.96. The molecule has 8 heteroatoms. The molecule has 0 fully saturated rings. The molecule has 0 aliphatic carbocycles. The molecule has 0 aromatic heterocycles. The van der Waals surface area contributed by atoms with Crippen molar-refractivity contribution in [2.45, 2.75) is 26.1 Å². The second-order valence-corrected chi connectivity index (χ2v) is 6.15. The number of benzene rings is 2. The highest BCUT2D eigenvalue weighted by Crippen LogP contribution is 2.16. The number of amides is 3. The summed E-state index contributed by atoms with van der Waals surface area (Å²) in [7, 11) is 0. The first-order valence-electron chi connectivity index (χ1n) is 8.72. The third-order valence-electron chi connectivity index (χ3n) is 3.80. The van der Waals surface area contributed by atoms with Crippen LogP contribution in [0.5, 0.6) is 5.75 Å². The minimum absolute atomic E-state index is 0. The first-order valence-corrected chi connectivity index (χ1v) is 8.72. The Morgan fingerprint density at radius 1 is 1.07 bits per heavy atom. The molecule has 0 aliphatic rings. The molecule has 152 valence electrons. The van der Waals surface area contributed by atoms with Crippen LogP contribution in [-0.4, -0.2) is 42.5 Å². The monoisotopic (exact) mass is 407 g/mol. The number of hydrogen-bond donors (Lipinski definition) is 4. The topological polar surface area (TPSA) is 99.7 Å². The number of urea groups is 1. The maximum Gasteiger partial charge on any atom is 0.322 e. The minimum Gasteiger partial charge on any atom is -0.491 e. The van der Waals surface area contributed by atoms with E-state index in [4.69, 9.17) is 4.74 Å². The quantitative estimate of drug-likeness (QED) is 0.503. The van der Waals surface area contributed by atoms with Crippen LogP contribution in [0, 0.1) is 6.92 Å². The molecule has 0 radical (unpaired) electrons. The number of imide groups is 1. The summed E-state index contributed by atoms with van der Waals surface area (Å²) in [6.07, 6.45) is -1.19. The van der Waals surface area contributed by atoms with E-state index in [1.165, 1.54) is 0 Å². The van der Waals surface area contributed by atoms with E-state index in [1.54, 1.807) is 37.3 Å². The summed E-state index contributed by atoms with van der Waals surface area (Å²) in [6.45, 7) is 3.99. The van der Waals surface area contributed by atoms with Crippen molar-refractivity contribution in [2.24, 2.45) is 0 Å². The smallest absolute Gasteiger partial charge is 0.322 e. The van der Waals surface area contributed by atoms with E-state index in [0.717, 1.165) is 11.3 Å². The van der Waals surface area contributed by atoms with Gasteiger partial charge in [-0.2, -0.15) is 0 Å². The van der Waals surface area contributed by atoms with Crippen molar-refractivity contribution < 1.29 is 19.4 Å². The lowest BCUT2D eigenvalue weighted by Crippen LogP contribution is -2.51. The van der Waals surface area contributed by atoms with Gasteiger partial charge in [-0.05, 0) is 37.6 Å². The summed E-state index contributed by atoms with van der Waals surface area (Å²) >= 11 is 0. The highest BCUT2D eigenvalue weighted by Gasteiger charge is 2.13. The standard InChI is InChI=1S/C20H25N3O4.ClH/c1-14-8-6-7-11-18(14)27-13-17(24)12-21-15(2)22-20(26)23-19(25)16-9-4-3-5-10-16;/h3-11,15,17,21,24H,12-13H2,1-2H3,(H2,22,23,25,26);1H. The number of carbonyl (C=O) groups excluding carboxylic acids is 2. The van der Waals surface area contributed by atoms with Gasteiger partial charge in [-0.1, -0.05) is 36.4 Å². The molecule has 2 aromatic rings. The summed E-state index contributed by atoms with van der Waals surface area (Å²) in [6, 6.07) is 15.4. The second kappa shape index (κ2) is 12.0. The lowest BCUT2D eigenvalue weighted by molar-refractivity contribution is 0.0958. The molecule has 7 nitrogen and oxygen atoms in total. The van der Waals surface area contributed by atoms with E-state index < -0.39 is 24.2 Å². The van der Waals surface area contributed by atoms with Crippen LogP contribution in [0.4, 0.5) is 4.79 Å². The van der Waals surface area contributed by atoms with Crippen LogP contribution in [0.2, 0.25) is 0 Å². The van der Waals surface area contributed by atoms with Crippen LogP contribution < -0.4 is 20.7 Å². The SMILES string of the molecule is Cc1ccccc1OCC(O)CNC(C)NC(=O)NC(=O)c1ccccc1.Cl. The second-order valence-electron chi connectivity index (χ2n) is 6.15. The third-order valence-corrected chi connectivity index (χ3v) is 3.80. The Balaban J connectivity index is 0.00000392. The average Bonchev–Trinajstić information content (AvgIpc) is 2.66. The Kier molecular flexibility index (Phi) is 10.0. The number of aliphatic hydroxyl groups excluding tert-OH is 1. The van der Waals surface area contributed by atoms with Crippen LogP contribution in [0.3, 0.4) is 0 Å². The van der Waals surface area contributed by atoms with E-state index in [-0.39, 0.29) is 25.6 Å².